The topological polar surface area (TPSA) is 55.4 Å². The van der Waals surface area contributed by atoms with Crippen LogP contribution in [0.15, 0.2) is 18.2 Å². The normalized spacial score (nSPS) is 13.6. The molecule has 6 heteroatoms. The zero-order valence-electron chi connectivity index (χ0n) is 11.9. The van der Waals surface area contributed by atoms with E-state index in [1.165, 1.54) is 25.3 Å². The van der Waals surface area contributed by atoms with Gasteiger partial charge >= 0.3 is 0 Å². The predicted octanol–water partition coefficient (Wildman–Crippen LogP) is 2.00. The van der Waals surface area contributed by atoms with Crippen LogP contribution in [0.2, 0.25) is 0 Å². The molecule has 0 aliphatic carbocycles. The quantitative estimate of drug-likeness (QED) is 0.838. The number of carbonyl (C=O) groups excluding carboxylic acids is 1. The highest BCUT2D eigenvalue weighted by Crippen LogP contribution is 2.21. The van der Waals surface area contributed by atoms with Crippen LogP contribution in [0, 0.1) is 5.82 Å². The standard InChI is InChI=1S/C14H20FNO3S/c1-4-7-16-14(17)10(2)20(18)9-11-8-12(15)5-6-13(11)19-3/h5-6,8,10H,4,7,9H2,1-3H3,(H,16,17)/t10-,20+/m1/s1. The van der Waals surface area contributed by atoms with Gasteiger partial charge in [-0.3, -0.25) is 9.00 Å². The Hall–Kier alpha value is -1.43. The fraction of sp³-hybridized carbons (Fsp3) is 0.500. The molecular weight excluding hydrogens is 281 g/mol. The van der Waals surface area contributed by atoms with E-state index < -0.39 is 21.9 Å². The molecule has 112 valence electrons. The molecule has 0 radical (unpaired) electrons. The van der Waals surface area contributed by atoms with Crippen molar-refractivity contribution in [3.8, 4) is 5.75 Å². The number of halogens is 1. The number of carbonyl (C=O) groups is 1. The molecule has 1 rings (SSSR count). The van der Waals surface area contributed by atoms with Gasteiger partial charge in [-0.15, -0.1) is 0 Å². The van der Waals surface area contributed by atoms with E-state index in [4.69, 9.17) is 4.74 Å². The molecule has 1 amide bonds. The largest absolute Gasteiger partial charge is 0.496 e. The average Bonchev–Trinajstić information content (AvgIpc) is 2.44. The van der Waals surface area contributed by atoms with Crippen LogP contribution in [0.1, 0.15) is 25.8 Å². The van der Waals surface area contributed by atoms with Gasteiger partial charge in [-0.1, -0.05) is 6.92 Å². The smallest absolute Gasteiger partial charge is 0.235 e. The van der Waals surface area contributed by atoms with E-state index >= 15 is 0 Å². The molecule has 1 aromatic carbocycles. The van der Waals surface area contributed by atoms with Crippen molar-refractivity contribution in [1.82, 2.24) is 5.32 Å². The van der Waals surface area contributed by atoms with Gasteiger partial charge in [0.2, 0.25) is 5.91 Å². The van der Waals surface area contributed by atoms with E-state index in [0.29, 0.717) is 17.9 Å². The van der Waals surface area contributed by atoms with Crippen LogP contribution < -0.4 is 10.1 Å². The van der Waals surface area contributed by atoms with Crippen molar-refractivity contribution >= 4 is 16.7 Å². The van der Waals surface area contributed by atoms with E-state index in [1.807, 2.05) is 6.92 Å². The van der Waals surface area contributed by atoms with Gasteiger partial charge in [0.1, 0.15) is 16.8 Å². The number of nitrogens with one attached hydrogen (secondary N) is 1. The lowest BCUT2D eigenvalue weighted by molar-refractivity contribution is -0.120. The molecule has 0 aromatic heterocycles. The Morgan fingerprint density at radius 1 is 1.50 bits per heavy atom. The second kappa shape index (κ2) is 7.99. The summed E-state index contributed by atoms with van der Waals surface area (Å²) in [7, 11) is 0.0411. The van der Waals surface area contributed by atoms with Crippen LogP contribution in [0.25, 0.3) is 0 Å². The Morgan fingerprint density at radius 3 is 2.80 bits per heavy atom. The predicted molar refractivity (Wildman–Crippen MR) is 77.6 cm³/mol. The summed E-state index contributed by atoms with van der Waals surface area (Å²) in [5, 5.41) is 2.06. The lowest BCUT2D eigenvalue weighted by atomic mass is 10.2. The van der Waals surface area contributed by atoms with Crippen LogP contribution in [0.4, 0.5) is 4.39 Å². The Kier molecular flexibility index (Phi) is 6.64. The molecule has 0 saturated heterocycles. The third-order valence-corrected chi connectivity index (χ3v) is 4.45. The Balaban J connectivity index is 2.75. The van der Waals surface area contributed by atoms with Gasteiger partial charge in [0.05, 0.1) is 12.9 Å². The van der Waals surface area contributed by atoms with Crippen molar-refractivity contribution in [2.24, 2.45) is 0 Å². The lowest BCUT2D eigenvalue weighted by Gasteiger charge is -2.13. The highest BCUT2D eigenvalue weighted by Gasteiger charge is 2.21. The summed E-state index contributed by atoms with van der Waals surface area (Å²) >= 11 is 0. The SMILES string of the molecule is CCCNC(=O)[C@@H](C)[S@@](=O)Cc1cc(F)ccc1OC. The molecule has 0 bridgehead atoms. The van der Waals surface area contributed by atoms with Crippen LogP contribution in [0.3, 0.4) is 0 Å². The summed E-state index contributed by atoms with van der Waals surface area (Å²) in [5.41, 5.74) is 0.501. The van der Waals surface area contributed by atoms with Crippen LogP contribution in [0.5, 0.6) is 5.75 Å². The number of ether oxygens (including phenoxy) is 1. The van der Waals surface area contributed by atoms with Crippen LogP contribution in [-0.4, -0.2) is 29.0 Å². The summed E-state index contributed by atoms with van der Waals surface area (Å²) in [6.07, 6.45) is 0.822. The van der Waals surface area contributed by atoms with Crippen LogP contribution >= 0.6 is 0 Å². The van der Waals surface area contributed by atoms with Gasteiger partial charge in [0.15, 0.2) is 0 Å². The molecule has 0 unspecified atom stereocenters. The second-order valence-corrected chi connectivity index (χ2v) is 6.17. The van der Waals surface area contributed by atoms with Gasteiger partial charge in [0.25, 0.3) is 0 Å². The van der Waals surface area contributed by atoms with Gasteiger partial charge in [-0.2, -0.15) is 0 Å². The maximum absolute atomic E-state index is 13.2. The van der Waals surface area contributed by atoms with E-state index in [0.717, 1.165) is 6.42 Å². The summed E-state index contributed by atoms with van der Waals surface area (Å²) in [4.78, 5) is 11.7. The molecule has 2 atom stereocenters. The van der Waals surface area contributed by atoms with Crippen molar-refractivity contribution in [2.75, 3.05) is 13.7 Å². The molecule has 1 aromatic rings. The molecule has 0 heterocycles. The first-order valence-electron chi connectivity index (χ1n) is 6.46. The third-order valence-electron chi connectivity index (χ3n) is 2.85. The molecule has 0 aliphatic rings. The Bertz CT molecular complexity index is 493. The first-order chi connectivity index (χ1) is 9.49. The Morgan fingerprint density at radius 2 is 2.20 bits per heavy atom. The maximum atomic E-state index is 13.2. The van der Waals surface area contributed by atoms with Gasteiger partial charge in [-0.05, 0) is 31.5 Å². The highest BCUT2D eigenvalue weighted by molar-refractivity contribution is 7.85. The number of benzene rings is 1. The van der Waals surface area contributed by atoms with Crippen LogP contribution in [-0.2, 0) is 21.3 Å². The van der Waals surface area contributed by atoms with E-state index in [9.17, 15) is 13.4 Å². The molecule has 20 heavy (non-hydrogen) atoms. The number of hydrogen-bond acceptors (Lipinski definition) is 3. The zero-order chi connectivity index (χ0) is 15.1. The fourth-order valence-electron chi connectivity index (χ4n) is 1.65. The Labute approximate surface area is 121 Å². The van der Waals surface area contributed by atoms with E-state index in [2.05, 4.69) is 5.32 Å². The van der Waals surface area contributed by atoms with Crippen molar-refractivity contribution in [2.45, 2.75) is 31.3 Å². The van der Waals surface area contributed by atoms with Gasteiger partial charge in [-0.25, -0.2) is 4.39 Å². The molecule has 0 saturated carbocycles. The van der Waals surface area contributed by atoms with Crippen molar-refractivity contribution in [3.05, 3.63) is 29.6 Å². The van der Waals surface area contributed by atoms with Gasteiger partial charge in [0, 0.05) is 22.9 Å². The van der Waals surface area contributed by atoms with Crippen molar-refractivity contribution in [3.63, 3.8) is 0 Å². The molecule has 1 N–H and O–H groups in total. The average molecular weight is 301 g/mol. The summed E-state index contributed by atoms with van der Waals surface area (Å²) in [6, 6.07) is 4.06. The number of hydrogen-bond donors (Lipinski definition) is 1. The molecular formula is C14H20FNO3S. The minimum absolute atomic E-state index is 0.0850. The molecule has 0 aliphatic heterocycles. The molecule has 0 fully saturated rings. The van der Waals surface area contributed by atoms with Gasteiger partial charge < -0.3 is 10.1 Å². The first kappa shape index (κ1) is 16.6. The monoisotopic (exact) mass is 301 g/mol. The summed E-state index contributed by atoms with van der Waals surface area (Å²) < 4.78 is 30.5. The van der Waals surface area contributed by atoms with E-state index in [-0.39, 0.29) is 11.7 Å². The maximum Gasteiger partial charge on any atom is 0.235 e. The zero-order valence-corrected chi connectivity index (χ0v) is 12.8. The number of amides is 1. The highest BCUT2D eigenvalue weighted by atomic mass is 32.2. The summed E-state index contributed by atoms with van der Waals surface area (Å²) in [5.74, 6) is -0.107. The molecule has 4 nitrogen and oxygen atoms in total. The molecule has 0 spiro atoms. The van der Waals surface area contributed by atoms with Crippen molar-refractivity contribution in [1.29, 1.82) is 0 Å². The minimum atomic E-state index is -1.43. The van der Waals surface area contributed by atoms with Crippen molar-refractivity contribution < 1.29 is 18.1 Å². The lowest BCUT2D eigenvalue weighted by Crippen LogP contribution is -2.36. The summed E-state index contributed by atoms with van der Waals surface area (Å²) in [6.45, 7) is 4.11. The second-order valence-electron chi connectivity index (χ2n) is 4.41. The fourth-order valence-corrected chi connectivity index (χ4v) is 2.75. The number of rotatable bonds is 7. The first-order valence-corrected chi connectivity index (χ1v) is 7.85. The third kappa shape index (κ3) is 4.59. The van der Waals surface area contributed by atoms with E-state index in [1.54, 1.807) is 6.92 Å². The number of methoxy groups -OCH3 is 1. The minimum Gasteiger partial charge on any atom is -0.496 e.